The van der Waals surface area contributed by atoms with Gasteiger partial charge in [-0.25, -0.2) is 0 Å². The first-order chi connectivity index (χ1) is 9.87. The molecule has 2 aliphatic carbocycles. The maximum absolute atomic E-state index is 12.2. The Balaban J connectivity index is 1.66. The highest BCUT2D eigenvalue weighted by Crippen LogP contribution is 2.69. The number of benzene rings is 1. The fourth-order valence-corrected chi connectivity index (χ4v) is 5.65. The van der Waals surface area contributed by atoms with Crippen LogP contribution in [0.5, 0.6) is 0 Å². The predicted molar refractivity (Wildman–Crippen MR) is 86.1 cm³/mol. The van der Waals surface area contributed by atoms with E-state index in [4.69, 9.17) is 4.18 Å². The Morgan fingerprint density at radius 3 is 2.38 bits per heavy atom. The lowest BCUT2D eigenvalue weighted by Gasteiger charge is -2.25. The van der Waals surface area contributed by atoms with Crippen molar-refractivity contribution in [2.75, 3.05) is 6.61 Å². The molecule has 1 atom stereocenters. The Bertz CT molecular complexity index is 617. The molecule has 0 amide bonds. The molecular formula is C16H21BrO3S. The molecule has 0 aliphatic heterocycles. The van der Waals surface area contributed by atoms with Gasteiger partial charge in [0.25, 0.3) is 10.1 Å². The van der Waals surface area contributed by atoms with Gasteiger partial charge in [0.2, 0.25) is 0 Å². The second kappa shape index (κ2) is 5.36. The highest BCUT2D eigenvalue weighted by Gasteiger charge is 2.65. The number of halogens is 1. The molecule has 2 saturated carbocycles. The number of rotatable bonds is 4. The SMILES string of the molecule is Cc1ccc(S(=O)(=O)OC[C@]2(Br)CC23CCCCC3)cc1. The second-order valence-electron chi connectivity index (χ2n) is 6.51. The van der Waals surface area contributed by atoms with Crippen molar-refractivity contribution >= 4 is 26.0 Å². The molecule has 1 aromatic rings. The Hall–Kier alpha value is -0.390. The number of hydrogen-bond donors (Lipinski definition) is 0. The fraction of sp³-hybridized carbons (Fsp3) is 0.625. The minimum atomic E-state index is -3.66. The normalized spacial score (nSPS) is 27.7. The van der Waals surface area contributed by atoms with Crippen molar-refractivity contribution in [2.45, 2.75) is 54.7 Å². The molecule has 3 nitrogen and oxygen atoms in total. The second-order valence-corrected chi connectivity index (χ2v) is 9.65. The lowest BCUT2D eigenvalue weighted by Crippen LogP contribution is -2.24. The highest BCUT2D eigenvalue weighted by atomic mass is 79.9. The molecule has 3 rings (SSSR count). The van der Waals surface area contributed by atoms with Crippen LogP contribution < -0.4 is 0 Å². The third kappa shape index (κ3) is 2.92. The van der Waals surface area contributed by atoms with Gasteiger partial charge in [-0.05, 0) is 43.7 Å². The molecule has 0 N–H and O–H groups in total. The van der Waals surface area contributed by atoms with E-state index in [-0.39, 0.29) is 21.2 Å². The van der Waals surface area contributed by atoms with Gasteiger partial charge < -0.3 is 0 Å². The molecule has 0 heterocycles. The number of aryl methyl sites for hydroxylation is 1. The zero-order valence-corrected chi connectivity index (χ0v) is 14.7. The molecule has 1 spiro atoms. The van der Waals surface area contributed by atoms with Gasteiger partial charge in [-0.2, -0.15) is 8.42 Å². The molecule has 0 aromatic heterocycles. The average Bonchev–Trinajstić information content (AvgIpc) is 3.02. The summed E-state index contributed by atoms with van der Waals surface area (Å²) in [5.74, 6) is 0. The Labute approximate surface area is 135 Å². The summed E-state index contributed by atoms with van der Waals surface area (Å²) in [6, 6.07) is 6.80. The van der Waals surface area contributed by atoms with Crippen LogP contribution in [-0.2, 0) is 14.3 Å². The van der Waals surface area contributed by atoms with Gasteiger partial charge >= 0.3 is 0 Å². The molecule has 1 aromatic carbocycles. The van der Waals surface area contributed by atoms with Gasteiger partial charge in [0, 0.05) is 0 Å². The topological polar surface area (TPSA) is 43.4 Å². The third-order valence-electron chi connectivity index (χ3n) is 5.01. The van der Waals surface area contributed by atoms with Crippen LogP contribution in [0.2, 0.25) is 0 Å². The molecule has 5 heteroatoms. The van der Waals surface area contributed by atoms with Gasteiger partial charge in [0.05, 0.1) is 15.8 Å². The molecule has 0 bridgehead atoms. The largest absolute Gasteiger partial charge is 0.297 e. The summed E-state index contributed by atoms with van der Waals surface area (Å²) in [5, 5.41) is 0. The summed E-state index contributed by atoms with van der Waals surface area (Å²) in [6.07, 6.45) is 7.20. The Morgan fingerprint density at radius 1 is 1.14 bits per heavy atom. The molecular weight excluding hydrogens is 352 g/mol. The van der Waals surface area contributed by atoms with Crippen molar-refractivity contribution in [1.82, 2.24) is 0 Å². The minimum absolute atomic E-state index is 0.141. The predicted octanol–water partition coefficient (Wildman–Crippen LogP) is 4.19. The van der Waals surface area contributed by atoms with Gasteiger partial charge in [-0.1, -0.05) is 52.9 Å². The summed E-state index contributed by atoms with van der Waals surface area (Å²) in [5.41, 5.74) is 1.31. The van der Waals surface area contributed by atoms with E-state index in [1.165, 1.54) is 32.1 Å². The van der Waals surface area contributed by atoms with Crippen LogP contribution in [0.4, 0.5) is 0 Å². The van der Waals surface area contributed by atoms with Crippen molar-refractivity contribution in [3.8, 4) is 0 Å². The lowest BCUT2D eigenvalue weighted by molar-refractivity contribution is 0.258. The van der Waals surface area contributed by atoms with Crippen molar-refractivity contribution in [3.05, 3.63) is 29.8 Å². The maximum Gasteiger partial charge on any atom is 0.297 e. The Kier molecular flexibility index (Phi) is 3.95. The first kappa shape index (κ1) is 15.5. The van der Waals surface area contributed by atoms with Crippen molar-refractivity contribution < 1.29 is 12.6 Å². The van der Waals surface area contributed by atoms with Crippen LogP contribution in [0.25, 0.3) is 0 Å². The number of alkyl halides is 1. The van der Waals surface area contributed by atoms with Crippen LogP contribution >= 0.6 is 15.9 Å². The van der Waals surface area contributed by atoms with E-state index in [1.807, 2.05) is 6.92 Å². The van der Waals surface area contributed by atoms with E-state index in [2.05, 4.69) is 15.9 Å². The zero-order valence-electron chi connectivity index (χ0n) is 12.3. The van der Waals surface area contributed by atoms with Gasteiger partial charge in [0.15, 0.2) is 0 Å². The maximum atomic E-state index is 12.2. The van der Waals surface area contributed by atoms with Crippen LogP contribution in [0.15, 0.2) is 29.2 Å². The van der Waals surface area contributed by atoms with E-state index in [1.54, 1.807) is 24.3 Å². The van der Waals surface area contributed by atoms with E-state index < -0.39 is 10.1 Å². The summed E-state index contributed by atoms with van der Waals surface area (Å²) >= 11 is 3.76. The smallest absolute Gasteiger partial charge is 0.265 e. The van der Waals surface area contributed by atoms with Crippen molar-refractivity contribution in [3.63, 3.8) is 0 Å². The monoisotopic (exact) mass is 372 g/mol. The van der Waals surface area contributed by atoms with E-state index >= 15 is 0 Å². The first-order valence-electron chi connectivity index (χ1n) is 7.52. The van der Waals surface area contributed by atoms with Gasteiger partial charge in [-0.15, -0.1) is 0 Å². The molecule has 0 radical (unpaired) electrons. The van der Waals surface area contributed by atoms with Crippen LogP contribution in [0, 0.1) is 12.3 Å². The molecule has 2 aliphatic rings. The van der Waals surface area contributed by atoms with E-state index in [0.717, 1.165) is 12.0 Å². The van der Waals surface area contributed by atoms with Crippen LogP contribution in [-0.4, -0.2) is 19.3 Å². The number of hydrogen-bond acceptors (Lipinski definition) is 3. The molecule has 21 heavy (non-hydrogen) atoms. The fourth-order valence-electron chi connectivity index (χ4n) is 3.49. The van der Waals surface area contributed by atoms with E-state index in [9.17, 15) is 8.42 Å². The van der Waals surface area contributed by atoms with Gasteiger partial charge in [0.1, 0.15) is 0 Å². The van der Waals surface area contributed by atoms with Gasteiger partial charge in [-0.3, -0.25) is 4.18 Å². The first-order valence-corrected chi connectivity index (χ1v) is 9.72. The molecule has 0 saturated heterocycles. The quantitative estimate of drug-likeness (QED) is 0.587. The third-order valence-corrected chi connectivity index (χ3v) is 7.64. The average molecular weight is 373 g/mol. The summed E-state index contributed by atoms with van der Waals surface area (Å²) < 4.78 is 29.7. The highest BCUT2D eigenvalue weighted by molar-refractivity contribution is 9.10. The lowest BCUT2D eigenvalue weighted by atomic mass is 9.84. The minimum Gasteiger partial charge on any atom is -0.265 e. The van der Waals surface area contributed by atoms with Crippen molar-refractivity contribution in [1.29, 1.82) is 0 Å². The summed E-state index contributed by atoms with van der Waals surface area (Å²) in [6.45, 7) is 2.17. The van der Waals surface area contributed by atoms with Crippen LogP contribution in [0.1, 0.15) is 44.1 Å². The standard InChI is InChI=1S/C16H21BrO3S/c1-13-5-7-14(8-6-13)21(18,19)20-12-16(17)11-15(16)9-3-2-4-10-15/h5-8H,2-4,9-12H2,1H3/t16-/m1/s1. The van der Waals surface area contributed by atoms with E-state index in [0.29, 0.717) is 0 Å². The van der Waals surface area contributed by atoms with Crippen molar-refractivity contribution in [2.24, 2.45) is 5.41 Å². The summed E-state index contributed by atoms with van der Waals surface area (Å²) in [7, 11) is -3.66. The molecule has 2 fully saturated rings. The van der Waals surface area contributed by atoms with Crippen LogP contribution in [0.3, 0.4) is 0 Å². The zero-order chi connectivity index (χ0) is 15.1. The summed E-state index contributed by atoms with van der Waals surface area (Å²) in [4.78, 5) is 0.238. The molecule has 0 unspecified atom stereocenters. The Morgan fingerprint density at radius 2 is 1.76 bits per heavy atom. The molecule has 116 valence electrons.